The second-order valence-electron chi connectivity index (χ2n) is 5.63. The van der Waals surface area contributed by atoms with E-state index in [0.717, 1.165) is 17.5 Å². The van der Waals surface area contributed by atoms with Crippen LogP contribution in [-0.2, 0) is 9.59 Å². The standard InChI is InChI=1S/C16H21NO4/c1-11-6-12(2)8-14(7-11)21-10-15(18)17-5-3-4-13(9-17)16(19)20/h6-8,13H,3-5,9-10H2,1-2H3,(H,19,20)/t13-/m0/s1. The second kappa shape index (κ2) is 6.61. The normalized spacial score (nSPS) is 18.4. The minimum Gasteiger partial charge on any atom is -0.484 e. The largest absolute Gasteiger partial charge is 0.484 e. The molecule has 5 heteroatoms. The van der Waals surface area contributed by atoms with E-state index in [9.17, 15) is 9.59 Å². The molecule has 1 aliphatic heterocycles. The molecule has 114 valence electrons. The van der Waals surface area contributed by atoms with Gasteiger partial charge in [-0.1, -0.05) is 6.07 Å². The zero-order valence-corrected chi connectivity index (χ0v) is 12.5. The lowest BCUT2D eigenvalue weighted by atomic mass is 9.98. The maximum Gasteiger partial charge on any atom is 0.308 e. The van der Waals surface area contributed by atoms with Crippen molar-refractivity contribution >= 4 is 11.9 Å². The summed E-state index contributed by atoms with van der Waals surface area (Å²) in [6, 6.07) is 5.81. The number of ether oxygens (including phenoxy) is 1. The fraction of sp³-hybridized carbons (Fsp3) is 0.500. The molecule has 5 nitrogen and oxygen atoms in total. The zero-order chi connectivity index (χ0) is 15.4. The molecule has 0 radical (unpaired) electrons. The van der Waals surface area contributed by atoms with Gasteiger partial charge < -0.3 is 14.7 Å². The molecule has 1 aromatic rings. The number of amides is 1. The maximum atomic E-state index is 12.1. The molecule has 1 aliphatic rings. The average molecular weight is 291 g/mol. The van der Waals surface area contributed by atoms with Crippen LogP contribution in [0, 0.1) is 19.8 Å². The van der Waals surface area contributed by atoms with Gasteiger partial charge in [-0.25, -0.2) is 0 Å². The molecule has 0 aromatic heterocycles. The Morgan fingerprint density at radius 1 is 1.29 bits per heavy atom. The van der Waals surface area contributed by atoms with E-state index in [4.69, 9.17) is 9.84 Å². The Morgan fingerprint density at radius 3 is 2.57 bits per heavy atom. The summed E-state index contributed by atoms with van der Waals surface area (Å²) in [5.74, 6) is -0.764. The van der Waals surface area contributed by atoms with Crippen LogP contribution in [0.1, 0.15) is 24.0 Å². The number of aliphatic carboxylic acids is 1. The van der Waals surface area contributed by atoms with Gasteiger partial charge in [0, 0.05) is 13.1 Å². The first-order valence-electron chi connectivity index (χ1n) is 7.17. The first kappa shape index (κ1) is 15.4. The van der Waals surface area contributed by atoms with Crippen molar-refractivity contribution in [3.8, 4) is 5.75 Å². The smallest absolute Gasteiger partial charge is 0.308 e. The Balaban J connectivity index is 1.90. The summed E-state index contributed by atoms with van der Waals surface area (Å²) < 4.78 is 5.54. The summed E-state index contributed by atoms with van der Waals surface area (Å²) in [6.07, 6.45) is 1.36. The number of aryl methyl sites for hydroxylation is 2. The Morgan fingerprint density at radius 2 is 1.95 bits per heavy atom. The van der Waals surface area contributed by atoms with Crippen molar-refractivity contribution in [3.05, 3.63) is 29.3 Å². The van der Waals surface area contributed by atoms with Crippen LogP contribution in [0.25, 0.3) is 0 Å². The molecule has 1 aromatic carbocycles. The molecule has 1 atom stereocenters. The van der Waals surface area contributed by atoms with Crippen LogP contribution >= 0.6 is 0 Å². The third kappa shape index (κ3) is 4.21. The third-order valence-electron chi connectivity index (χ3n) is 3.68. The van der Waals surface area contributed by atoms with Crippen molar-refractivity contribution in [1.29, 1.82) is 0 Å². The highest BCUT2D eigenvalue weighted by Gasteiger charge is 2.28. The summed E-state index contributed by atoms with van der Waals surface area (Å²) >= 11 is 0. The molecular weight excluding hydrogens is 270 g/mol. The molecule has 0 unspecified atom stereocenters. The monoisotopic (exact) mass is 291 g/mol. The topological polar surface area (TPSA) is 66.8 Å². The van der Waals surface area contributed by atoms with Crippen molar-refractivity contribution in [1.82, 2.24) is 4.90 Å². The molecule has 1 fully saturated rings. The van der Waals surface area contributed by atoms with E-state index < -0.39 is 11.9 Å². The number of hydrogen-bond donors (Lipinski definition) is 1. The van der Waals surface area contributed by atoms with Crippen molar-refractivity contribution < 1.29 is 19.4 Å². The summed E-state index contributed by atoms with van der Waals surface area (Å²) in [7, 11) is 0. The van der Waals surface area contributed by atoms with E-state index in [1.165, 1.54) is 0 Å². The van der Waals surface area contributed by atoms with Crippen molar-refractivity contribution in [2.75, 3.05) is 19.7 Å². The summed E-state index contributed by atoms with van der Waals surface area (Å²) in [5.41, 5.74) is 2.17. The van der Waals surface area contributed by atoms with Crippen molar-refractivity contribution in [3.63, 3.8) is 0 Å². The predicted octanol–water partition coefficient (Wildman–Crippen LogP) is 2.01. The minimum atomic E-state index is -0.831. The van der Waals surface area contributed by atoms with Gasteiger partial charge in [0.15, 0.2) is 6.61 Å². The zero-order valence-electron chi connectivity index (χ0n) is 12.5. The summed E-state index contributed by atoms with van der Waals surface area (Å²) in [6.45, 7) is 4.80. The summed E-state index contributed by atoms with van der Waals surface area (Å²) in [4.78, 5) is 24.7. The van der Waals surface area contributed by atoms with Crippen molar-refractivity contribution in [2.45, 2.75) is 26.7 Å². The average Bonchev–Trinajstić information content (AvgIpc) is 2.44. The molecule has 0 saturated carbocycles. The first-order valence-corrected chi connectivity index (χ1v) is 7.17. The van der Waals surface area contributed by atoms with Crippen LogP contribution in [0.2, 0.25) is 0 Å². The van der Waals surface area contributed by atoms with Gasteiger partial charge in [-0.15, -0.1) is 0 Å². The second-order valence-corrected chi connectivity index (χ2v) is 5.63. The first-order chi connectivity index (χ1) is 9.95. The SMILES string of the molecule is Cc1cc(C)cc(OCC(=O)N2CCC[C@H](C(=O)O)C2)c1. The van der Waals surface area contributed by atoms with Crippen LogP contribution in [0.3, 0.4) is 0 Å². The Labute approximate surface area is 124 Å². The number of piperidine rings is 1. The van der Waals surface area contributed by atoms with Crippen molar-refractivity contribution in [2.24, 2.45) is 5.92 Å². The van der Waals surface area contributed by atoms with Gasteiger partial charge in [0.1, 0.15) is 5.75 Å². The molecule has 1 saturated heterocycles. The fourth-order valence-electron chi connectivity index (χ4n) is 2.66. The molecule has 1 heterocycles. The van der Waals surface area contributed by atoms with Gasteiger partial charge in [-0.3, -0.25) is 9.59 Å². The number of nitrogens with zero attached hydrogens (tertiary/aromatic N) is 1. The highest BCUT2D eigenvalue weighted by atomic mass is 16.5. The Hall–Kier alpha value is -2.04. The highest BCUT2D eigenvalue weighted by molar-refractivity contribution is 5.79. The van der Waals surface area contributed by atoms with E-state index in [-0.39, 0.29) is 19.1 Å². The highest BCUT2D eigenvalue weighted by Crippen LogP contribution is 2.18. The van der Waals surface area contributed by atoms with Gasteiger partial charge >= 0.3 is 5.97 Å². The summed E-state index contributed by atoms with van der Waals surface area (Å²) in [5, 5.41) is 9.04. The van der Waals surface area contributed by atoms with Gasteiger partial charge in [-0.2, -0.15) is 0 Å². The number of carboxylic acids is 1. The van der Waals surface area contributed by atoms with Gasteiger partial charge in [0.25, 0.3) is 5.91 Å². The third-order valence-corrected chi connectivity index (χ3v) is 3.68. The van der Waals surface area contributed by atoms with Gasteiger partial charge in [-0.05, 0) is 49.9 Å². The number of hydrogen-bond acceptors (Lipinski definition) is 3. The lowest BCUT2D eigenvalue weighted by molar-refractivity contribution is -0.146. The maximum absolute atomic E-state index is 12.1. The quantitative estimate of drug-likeness (QED) is 0.921. The minimum absolute atomic E-state index is 0.0464. The fourth-order valence-corrected chi connectivity index (χ4v) is 2.66. The number of rotatable bonds is 4. The lowest BCUT2D eigenvalue weighted by Gasteiger charge is -2.30. The number of likely N-dealkylation sites (tertiary alicyclic amines) is 1. The van der Waals surface area contributed by atoms with Crippen LogP contribution in [0.15, 0.2) is 18.2 Å². The Kier molecular flexibility index (Phi) is 4.83. The molecule has 1 N–H and O–H groups in total. The molecule has 0 spiro atoms. The van der Waals surface area contributed by atoms with E-state index in [0.29, 0.717) is 18.7 Å². The molecule has 1 amide bonds. The number of carbonyl (C=O) groups is 2. The molecule has 2 rings (SSSR count). The number of carboxylic acid groups (broad SMARTS) is 1. The molecule has 0 aliphatic carbocycles. The van der Waals surface area contributed by atoms with Gasteiger partial charge in [0.05, 0.1) is 5.92 Å². The molecule has 21 heavy (non-hydrogen) atoms. The van der Waals surface area contributed by atoms with Gasteiger partial charge in [0.2, 0.25) is 0 Å². The molecule has 0 bridgehead atoms. The van der Waals surface area contributed by atoms with E-state index in [1.54, 1.807) is 4.90 Å². The predicted molar refractivity (Wildman–Crippen MR) is 78.4 cm³/mol. The number of benzene rings is 1. The van der Waals surface area contributed by atoms with Crippen LogP contribution in [-0.4, -0.2) is 41.6 Å². The van der Waals surface area contributed by atoms with E-state index in [1.807, 2.05) is 32.0 Å². The Bertz CT molecular complexity index is 521. The van der Waals surface area contributed by atoms with E-state index >= 15 is 0 Å². The van der Waals surface area contributed by atoms with Crippen LogP contribution < -0.4 is 4.74 Å². The number of carbonyl (C=O) groups excluding carboxylic acids is 1. The van der Waals surface area contributed by atoms with E-state index in [2.05, 4.69) is 0 Å². The molecular formula is C16H21NO4. The lowest BCUT2D eigenvalue weighted by Crippen LogP contribution is -2.44. The van der Waals surface area contributed by atoms with Crippen LogP contribution in [0.4, 0.5) is 0 Å². The van der Waals surface area contributed by atoms with Crippen LogP contribution in [0.5, 0.6) is 5.75 Å².